The van der Waals surface area contributed by atoms with E-state index in [1.165, 1.54) is 21.1 Å². The highest BCUT2D eigenvalue weighted by Crippen LogP contribution is 2.20. The largest absolute Gasteiger partial charge is 0.338 e. The summed E-state index contributed by atoms with van der Waals surface area (Å²) in [7, 11) is -6.43. The fourth-order valence-electron chi connectivity index (χ4n) is 3.05. The Bertz CT molecular complexity index is 825. The molecule has 0 N–H and O–H groups in total. The van der Waals surface area contributed by atoms with Gasteiger partial charge in [0.1, 0.15) is 0 Å². The van der Waals surface area contributed by atoms with E-state index in [9.17, 15) is 16.8 Å². The minimum absolute atomic E-state index is 0.0473. The molecule has 152 valence electrons. The number of rotatable bonds is 4. The number of nitrogens with zero attached hydrogens (tertiary/aromatic N) is 7. The molecule has 2 saturated heterocycles. The van der Waals surface area contributed by atoms with Gasteiger partial charge < -0.3 is 9.80 Å². The molecule has 0 atom stereocenters. The third-order valence-corrected chi connectivity index (χ3v) is 7.34. The van der Waals surface area contributed by atoms with Crippen LogP contribution in [0.4, 0.5) is 11.9 Å². The summed E-state index contributed by atoms with van der Waals surface area (Å²) in [4.78, 5) is 16.5. The van der Waals surface area contributed by atoms with E-state index >= 15 is 0 Å². The minimum atomic E-state index is -3.22. The van der Waals surface area contributed by atoms with Gasteiger partial charge in [0.25, 0.3) is 0 Å². The summed E-state index contributed by atoms with van der Waals surface area (Å²) in [5.74, 6) is 0.785. The topological polar surface area (TPSA) is 120 Å². The van der Waals surface area contributed by atoms with Gasteiger partial charge in [0.15, 0.2) is 0 Å². The Morgan fingerprint density at radius 3 is 1.30 bits per heavy atom. The van der Waals surface area contributed by atoms with Gasteiger partial charge in [-0.15, -0.1) is 0 Å². The fraction of sp³-hybridized carbons (Fsp3) is 0.769. The molecule has 2 aliphatic rings. The van der Waals surface area contributed by atoms with E-state index in [-0.39, 0.29) is 5.28 Å². The maximum atomic E-state index is 11.6. The number of hydrogen-bond donors (Lipinski definition) is 0. The molecule has 0 radical (unpaired) electrons. The van der Waals surface area contributed by atoms with Crippen LogP contribution in [0.25, 0.3) is 0 Å². The van der Waals surface area contributed by atoms with E-state index in [1.54, 1.807) is 0 Å². The monoisotopic (exact) mass is 439 g/mol. The molecule has 0 unspecified atom stereocenters. The van der Waals surface area contributed by atoms with E-state index in [2.05, 4.69) is 15.0 Å². The molecule has 0 aliphatic carbocycles. The number of piperazine rings is 2. The third-order valence-electron chi connectivity index (χ3n) is 4.57. The first-order chi connectivity index (χ1) is 12.5. The lowest BCUT2D eigenvalue weighted by atomic mass is 10.4. The molecule has 3 heterocycles. The summed E-state index contributed by atoms with van der Waals surface area (Å²) in [5, 5.41) is 0.0473. The number of hydrogen-bond acceptors (Lipinski definition) is 9. The number of halogens is 1. The second-order valence-corrected chi connectivity index (χ2v) is 10.8. The standard InChI is InChI=1S/C13H22ClN7O4S2/c1-26(22,23)20-7-3-18(4-8-20)12-15-11(14)16-13(17-12)19-5-9-21(10-6-19)27(2,24)25/h3-10H2,1-2H3. The zero-order valence-electron chi connectivity index (χ0n) is 15.1. The van der Waals surface area contributed by atoms with Crippen molar-refractivity contribution >= 4 is 43.5 Å². The van der Waals surface area contributed by atoms with Crippen molar-refractivity contribution in [2.24, 2.45) is 0 Å². The molecule has 0 aromatic carbocycles. The van der Waals surface area contributed by atoms with Crippen LogP contribution in [-0.2, 0) is 20.0 Å². The Morgan fingerprint density at radius 2 is 1.00 bits per heavy atom. The molecule has 27 heavy (non-hydrogen) atoms. The molecule has 1 aromatic rings. The highest BCUT2D eigenvalue weighted by Gasteiger charge is 2.28. The Labute approximate surface area is 164 Å². The molecule has 11 nitrogen and oxygen atoms in total. The van der Waals surface area contributed by atoms with Crippen LogP contribution in [0.2, 0.25) is 5.28 Å². The predicted molar refractivity (Wildman–Crippen MR) is 102 cm³/mol. The average Bonchev–Trinajstić information content (AvgIpc) is 2.60. The molecule has 0 spiro atoms. The molecule has 3 rings (SSSR count). The van der Waals surface area contributed by atoms with E-state index < -0.39 is 20.0 Å². The van der Waals surface area contributed by atoms with Gasteiger partial charge in [-0.2, -0.15) is 23.6 Å². The van der Waals surface area contributed by atoms with E-state index in [1.807, 2.05) is 9.80 Å². The average molecular weight is 440 g/mol. The predicted octanol–water partition coefficient (Wildman–Crippen LogP) is -1.31. The molecule has 0 saturated carbocycles. The first-order valence-corrected chi connectivity index (χ1v) is 12.4. The molecular formula is C13H22ClN7O4S2. The van der Waals surface area contributed by atoms with Crippen LogP contribution in [0, 0.1) is 0 Å². The number of aromatic nitrogens is 3. The first-order valence-electron chi connectivity index (χ1n) is 8.36. The van der Waals surface area contributed by atoms with Crippen LogP contribution in [0.15, 0.2) is 0 Å². The Balaban J connectivity index is 1.71. The molecule has 0 bridgehead atoms. The number of anilines is 2. The highest BCUT2D eigenvalue weighted by atomic mass is 35.5. The van der Waals surface area contributed by atoms with Gasteiger partial charge in [-0.05, 0) is 11.6 Å². The van der Waals surface area contributed by atoms with Crippen molar-refractivity contribution in [2.75, 3.05) is 74.7 Å². The van der Waals surface area contributed by atoms with Crippen molar-refractivity contribution in [2.45, 2.75) is 0 Å². The van der Waals surface area contributed by atoms with Gasteiger partial charge >= 0.3 is 0 Å². The first kappa shape index (κ1) is 20.5. The summed E-state index contributed by atoms with van der Waals surface area (Å²) in [6, 6.07) is 0. The lowest BCUT2D eigenvalue weighted by Crippen LogP contribution is -2.50. The van der Waals surface area contributed by atoms with E-state index in [0.29, 0.717) is 64.3 Å². The summed E-state index contributed by atoms with van der Waals surface area (Å²) in [6.07, 6.45) is 2.38. The normalized spacial score (nSPS) is 20.9. The van der Waals surface area contributed by atoms with E-state index in [0.717, 1.165) is 0 Å². The summed E-state index contributed by atoms with van der Waals surface area (Å²) >= 11 is 6.06. The van der Waals surface area contributed by atoms with Crippen molar-refractivity contribution in [3.63, 3.8) is 0 Å². The zero-order valence-corrected chi connectivity index (χ0v) is 17.5. The van der Waals surface area contributed by atoms with Crippen LogP contribution in [0.5, 0.6) is 0 Å². The maximum Gasteiger partial charge on any atom is 0.231 e. The quantitative estimate of drug-likeness (QED) is 0.562. The fourth-order valence-corrected chi connectivity index (χ4v) is 4.86. The Kier molecular flexibility index (Phi) is 5.77. The van der Waals surface area contributed by atoms with E-state index in [4.69, 9.17) is 11.6 Å². The van der Waals surface area contributed by atoms with Crippen molar-refractivity contribution < 1.29 is 16.8 Å². The van der Waals surface area contributed by atoms with Gasteiger partial charge in [-0.1, -0.05) is 0 Å². The van der Waals surface area contributed by atoms with Gasteiger partial charge in [0.05, 0.1) is 12.5 Å². The van der Waals surface area contributed by atoms with Crippen LogP contribution in [0.3, 0.4) is 0 Å². The minimum Gasteiger partial charge on any atom is -0.338 e. The highest BCUT2D eigenvalue weighted by molar-refractivity contribution is 7.88. The Hall–Kier alpha value is -1.28. The number of sulfonamides is 2. The van der Waals surface area contributed by atoms with Crippen molar-refractivity contribution in [1.82, 2.24) is 23.6 Å². The summed E-state index contributed by atoms with van der Waals surface area (Å²) < 4.78 is 49.4. The van der Waals surface area contributed by atoms with Crippen molar-refractivity contribution in [3.05, 3.63) is 5.28 Å². The Morgan fingerprint density at radius 1 is 0.667 bits per heavy atom. The summed E-state index contributed by atoms with van der Waals surface area (Å²) in [5.41, 5.74) is 0. The SMILES string of the molecule is CS(=O)(=O)N1CCN(c2nc(Cl)nc(N3CCN(S(C)(=O)=O)CC3)n2)CC1. The van der Waals surface area contributed by atoms with Crippen molar-refractivity contribution in [1.29, 1.82) is 0 Å². The maximum absolute atomic E-state index is 11.6. The van der Waals surface area contributed by atoms with Crippen LogP contribution >= 0.6 is 11.6 Å². The molecule has 2 aliphatic heterocycles. The van der Waals surface area contributed by atoms with Crippen LogP contribution in [-0.4, -0.2) is 105 Å². The lowest BCUT2D eigenvalue weighted by Gasteiger charge is -2.35. The molecule has 0 amide bonds. The van der Waals surface area contributed by atoms with Gasteiger partial charge in [-0.3, -0.25) is 0 Å². The van der Waals surface area contributed by atoms with Gasteiger partial charge in [-0.25, -0.2) is 16.8 Å². The van der Waals surface area contributed by atoms with Gasteiger partial charge in [0.2, 0.25) is 37.2 Å². The van der Waals surface area contributed by atoms with Gasteiger partial charge in [0, 0.05) is 52.4 Å². The third kappa shape index (κ3) is 4.96. The molecule has 2 fully saturated rings. The zero-order chi connectivity index (χ0) is 19.8. The lowest BCUT2D eigenvalue weighted by molar-refractivity contribution is 0.382. The summed E-state index contributed by atoms with van der Waals surface area (Å²) in [6.45, 7) is 3.22. The van der Waals surface area contributed by atoms with Crippen molar-refractivity contribution in [3.8, 4) is 0 Å². The second-order valence-electron chi connectivity index (χ2n) is 6.50. The molecule has 1 aromatic heterocycles. The second kappa shape index (κ2) is 7.62. The smallest absolute Gasteiger partial charge is 0.231 e. The molecule has 14 heteroatoms. The molecular weight excluding hydrogens is 418 g/mol. The van der Waals surface area contributed by atoms with Crippen LogP contribution in [0.1, 0.15) is 0 Å². The van der Waals surface area contributed by atoms with Crippen LogP contribution < -0.4 is 9.80 Å².